The summed E-state index contributed by atoms with van der Waals surface area (Å²) >= 11 is 1.90. The molecule has 0 saturated carbocycles. The van der Waals surface area contributed by atoms with Crippen LogP contribution < -0.4 is 26.6 Å². The molecule has 0 aromatic carbocycles. The summed E-state index contributed by atoms with van der Waals surface area (Å²) in [6, 6.07) is 0.380. The highest BCUT2D eigenvalue weighted by Crippen LogP contribution is 2.33. The van der Waals surface area contributed by atoms with Gasteiger partial charge in [-0.25, -0.2) is 9.59 Å². The van der Waals surface area contributed by atoms with Crippen molar-refractivity contribution >= 4 is 35.7 Å². The van der Waals surface area contributed by atoms with E-state index in [9.17, 15) is 19.2 Å². The van der Waals surface area contributed by atoms with Gasteiger partial charge in [-0.1, -0.05) is 6.42 Å². The Labute approximate surface area is 501 Å². The molecule has 3 atom stereocenters. The maximum Gasteiger partial charge on any atom is 0.404 e. The van der Waals surface area contributed by atoms with E-state index in [4.69, 9.17) is 95.1 Å². The fraction of sp³-hybridized carbons (Fsp3) is 0.926. The number of carboxylic acid groups (broad SMARTS) is 1. The molecule has 2 heterocycles. The van der Waals surface area contributed by atoms with E-state index in [2.05, 4.69) is 26.6 Å². The monoisotopic (exact) mass is 1240 g/mol. The zero-order valence-electron chi connectivity index (χ0n) is 49.7. The molecule has 29 nitrogen and oxygen atoms in total. The molecule has 0 spiro atoms. The van der Waals surface area contributed by atoms with Crippen LogP contribution in [0.25, 0.3) is 0 Å². The van der Waals surface area contributed by atoms with Gasteiger partial charge in [-0.15, -0.1) is 0 Å². The van der Waals surface area contributed by atoms with E-state index in [0.29, 0.717) is 276 Å². The summed E-state index contributed by atoms with van der Waals surface area (Å²) in [5, 5.41) is 22.7. The van der Waals surface area contributed by atoms with E-state index in [0.717, 1.165) is 25.0 Å². The van der Waals surface area contributed by atoms with Crippen molar-refractivity contribution in [3.8, 4) is 0 Å². The molecule has 2 aliphatic rings. The van der Waals surface area contributed by atoms with Crippen LogP contribution in [-0.2, 0) is 99.6 Å². The van der Waals surface area contributed by atoms with Crippen molar-refractivity contribution in [2.45, 2.75) is 49.4 Å². The second kappa shape index (κ2) is 61.7. The van der Waals surface area contributed by atoms with Crippen LogP contribution in [0.2, 0.25) is 0 Å². The van der Waals surface area contributed by atoms with Gasteiger partial charge >= 0.3 is 12.1 Å². The molecule has 5 amide bonds. The van der Waals surface area contributed by atoms with Gasteiger partial charge in [-0.3, -0.25) is 9.59 Å². The largest absolute Gasteiger partial charge is 0.465 e. The summed E-state index contributed by atoms with van der Waals surface area (Å²) in [5.74, 6) is 0.874. The number of ether oxygens (including phenoxy) is 19. The molecule has 0 aromatic heterocycles. The molecule has 0 aromatic rings. The van der Waals surface area contributed by atoms with E-state index in [1.165, 1.54) is 0 Å². The van der Waals surface area contributed by atoms with E-state index >= 15 is 0 Å². The third kappa shape index (κ3) is 53.3. The number of hydrogen-bond donors (Lipinski definition) is 6. The van der Waals surface area contributed by atoms with Gasteiger partial charge in [0.15, 0.2) is 0 Å². The summed E-state index contributed by atoms with van der Waals surface area (Å²) in [7, 11) is 0. The van der Waals surface area contributed by atoms with Crippen molar-refractivity contribution in [2.24, 2.45) is 0 Å². The normalized spacial score (nSPS) is 15.6. The van der Waals surface area contributed by atoms with Gasteiger partial charge in [0.2, 0.25) is 11.8 Å². The molecule has 2 saturated heterocycles. The number of rotatable bonds is 68. The van der Waals surface area contributed by atoms with Gasteiger partial charge in [0.1, 0.15) is 0 Å². The molecule has 30 heteroatoms. The number of nitrogens with one attached hydrogen (secondary N) is 5. The van der Waals surface area contributed by atoms with Gasteiger partial charge in [-0.05, 0) is 12.8 Å². The zero-order chi connectivity index (χ0) is 60.0. The van der Waals surface area contributed by atoms with E-state index < -0.39 is 6.09 Å². The highest BCUT2D eigenvalue weighted by Gasteiger charge is 2.42. The average Bonchev–Trinajstić information content (AvgIpc) is 3.56. The molecule has 0 radical (unpaired) electrons. The second-order valence-electron chi connectivity index (χ2n) is 18.2. The predicted molar refractivity (Wildman–Crippen MR) is 306 cm³/mol. The summed E-state index contributed by atoms with van der Waals surface area (Å²) in [6.07, 6.45) is 2.48. The number of thioether (sulfide) groups is 1. The van der Waals surface area contributed by atoms with E-state index in [1.54, 1.807) is 0 Å². The maximum absolute atomic E-state index is 12.1. The van der Waals surface area contributed by atoms with Crippen LogP contribution in [0.3, 0.4) is 0 Å². The summed E-state index contributed by atoms with van der Waals surface area (Å²) in [5.41, 5.74) is 0. The Morgan fingerprint density at radius 1 is 0.357 bits per heavy atom. The molecule has 84 heavy (non-hydrogen) atoms. The Kier molecular flexibility index (Phi) is 56.7. The Balaban J connectivity index is 1.11. The first-order valence-corrected chi connectivity index (χ1v) is 30.7. The fourth-order valence-electron chi connectivity index (χ4n) is 7.31. The lowest BCUT2D eigenvalue weighted by molar-refractivity contribution is -0.123. The first kappa shape index (κ1) is 77.2. The van der Waals surface area contributed by atoms with Crippen LogP contribution in [-0.4, -0.2) is 323 Å². The molecular weight excluding hydrogens is 1130 g/mol. The second-order valence-corrected chi connectivity index (χ2v) is 19.5. The highest BCUT2D eigenvalue weighted by atomic mass is 32.2. The summed E-state index contributed by atoms with van der Waals surface area (Å²) in [6.45, 7) is 17.7. The number of urea groups is 1. The molecule has 0 bridgehead atoms. The van der Waals surface area contributed by atoms with Gasteiger partial charge in [0.25, 0.3) is 0 Å². The average molecular weight is 1240 g/mol. The maximum atomic E-state index is 12.1. The Morgan fingerprint density at radius 2 is 0.619 bits per heavy atom. The molecule has 2 rings (SSSR count). The summed E-state index contributed by atoms with van der Waals surface area (Å²) < 4.78 is 104. The van der Waals surface area contributed by atoms with Crippen molar-refractivity contribution in [3.05, 3.63) is 0 Å². The molecule has 2 aliphatic heterocycles. The number of unbranched alkanes of at least 4 members (excludes halogenated alkanes) is 1. The number of hydrogen-bond acceptors (Lipinski definition) is 24. The first-order valence-electron chi connectivity index (χ1n) is 29.6. The number of fused-ring (bicyclic) bond motifs is 1. The van der Waals surface area contributed by atoms with Crippen LogP contribution in [0.4, 0.5) is 9.59 Å². The van der Waals surface area contributed by atoms with Crippen LogP contribution in [0.15, 0.2) is 0 Å². The molecule has 494 valence electrons. The third-order valence-corrected chi connectivity index (χ3v) is 13.0. The lowest BCUT2D eigenvalue weighted by Crippen LogP contribution is -2.36. The first-order chi connectivity index (χ1) is 41.5. The minimum absolute atomic E-state index is 0.0342. The topological polar surface area (TPSA) is 324 Å². The summed E-state index contributed by atoms with van der Waals surface area (Å²) in [4.78, 5) is 45.9. The van der Waals surface area contributed by atoms with Crippen molar-refractivity contribution in [1.82, 2.24) is 26.6 Å². The molecule has 6 N–H and O–H groups in total. The van der Waals surface area contributed by atoms with Crippen molar-refractivity contribution < 1.29 is 114 Å². The molecule has 0 unspecified atom stereocenters. The SMILES string of the molecule is O=C(O)NCCOCCOCCOCCOCCOCCOCCOCCOCCC(=O)NCCOCCOCCOCCOCCOCCOCCOCCOCCOCCOCCOCCNC(=O)CCCC[C@@H]1SC[C@@H]2NC(=O)N[C@@H]21. The lowest BCUT2D eigenvalue weighted by Gasteiger charge is -2.16. The molecule has 0 aliphatic carbocycles. The lowest BCUT2D eigenvalue weighted by atomic mass is 10.0. The standard InChI is InChI=1S/C54H103N5O24S/c60-50(4-2-1-3-49-52-48(47-84-49)58-53(62)59-52)55-6-10-66-14-18-70-22-26-74-30-34-78-39-41-81-43-45-83-46-44-82-42-40-79-35-31-75-27-23-71-19-15-67-11-7-56-51(61)5-9-65-13-17-69-21-25-73-29-33-77-37-38-80-36-32-76-28-24-72-20-16-68-12-8-57-54(63)64/h48-49,52,57H,1-47H2,(H,55,60)(H,56,61)(H,63,64)(H2,58,59,62)/t48-,49-,52-/m0/s1. The van der Waals surface area contributed by atoms with Gasteiger partial charge in [0.05, 0.1) is 263 Å². The third-order valence-electron chi connectivity index (χ3n) is 11.5. The Morgan fingerprint density at radius 3 is 0.917 bits per heavy atom. The smallest absolute Gasteiger partial charge is 0.404 e. The van der Waals surface area contributed by atoms with E-state index in [-0.39, 0.29) is 42.9 Å². The Hall–Kier alpha value is -2.93. The van der Waals surface area contributed by atoms with Crippen LogP contribution in [0.5, 0.6) is 0 Å². The quantitative estimate of drug-likeness (QED) is 0.0343. The Bertz CT molecular complexity index is 1500. The number of carbonyl (C=O) groups excluding carboxylic acids is 3. The van der Waals surface area contributed by atoms with Crippen LogP contribution in [0.1, 0.15) is 32.1 Å². The molecule has 2 fully saturated rings. The van der Waals surface area contributed by atoms with Crippen molar-refractivity contribution in [3.63, 3.8) is 0 Å². The minimum atomic E-state index is -1.07. The zero-order valence-corrected chi connectivity index (χ0v) is 50.5. The number of carbonyl (C=O) groups is 4. The van der Waals surface area contributed by atoms with Crippen molar-refractivity contribution in [2.75, 3.05) is 276 Å². The van der Waals surface area contributed by atoms with Crippen LogP contribution >= 0.6 is 11.8 Å². The van der Waals surface area contributed by atoms with Gasteiger partial charge < -0.3 is 122 Å². The van der Waals surface area contributed by atoms with Gasteiger partial charge in [0, 0.05) is 43.5 Å². The van der Waals surface area contributed by atoms with E-state index in [1.807, 2.05) is 11.8 Å². The fourth-order valence-corrected chi connectivity index (χ4v) is 8.86. The minimum Gasteiger partial charge on any atom is -0.465 e. The predicted octanol–water partition coefficient (Wildman–Crippen LogP) is -0.0823. The molecular formula is C54H103N5O24S. The van der Waals surface area contributed by atoms with Gasteiger partial charge in [-0.2, -0.15) is 11.8 Å². The highest BCUT2D eigenvalue weighted by molar-refractivity contribution is 8.00. The number of amides is 5. The van der Waals surface area contributed by atoms with Crippen molar-refractivity contribution in [1.29, 1.82) is 0 Å². The van der Waals surface area contributed by atoms with Crippen LogP contribution in [0, 0.1) is 0 Å².